The average Bonchev–Trinajstić information content (AvgIpc) is 2.56. The van der Waals surface area contributed by atoms with Gasteiger partial charge in [-0.2, -0.15) is 5.10 Å². The lowest BCUT2D eigenvalue weighted by molar-refractivity contribution is -0.416. The van der Waals surface area contributed by atoms with E-state index in [-0.39, 0.29) is 5.82 Å². The quantitative estimate of drug-likeness (QED) is 0.130. The molecule has 0 aliphatic carbocycles. The van der Waals surface area contributed by atoms with Gasteiger partial charge >= 0.3 is 5.70 Å². The van der Waals surface area contributed by atoms with E-state index in [0.29, 0.717) is 0 Å². The molecule has 1 heterocycles. The number of hydrazine groups is 1. The lowest BCUT2D eigenvalue weighted by atomic mass is 10.4. The molecule has 0 fully saturated rings. The van der Waals surface area contributed by atoms with Crippen molar-refractivity contribution in [3.63, 3.8) is 0 Å². The first-order chi connectivity index (χ1) is 6.16. The summed E-state index contributed by atoms with van der Waals surface area (Å²) in [5.74, 6) is 4.21. The summed E-state index contributed by atoms with van der Waals surface area (Å²) < 4.78 is 0. The van der Waals surface area contributed by atoms with Crippen LogP contribution in [0, 0.1) is 10.1 Å². The highest BCUT2D eigenvalue weighted by Crippen LogP contribution is 2.06. The highest BCUT2D eigenvalue weighted by Gasteiger charge is 2.25. The van der Waals surface area contributed by atoms with Gasteiger partial charge in [-0.1, -0.05) is 5.22 Å². The molecule has 13 heavy (non-hydrogen) atoms. The van der Waals surface area contributed by atoms with Crippen LogP contribution in [0.2, 0.25) is 0 Å². The van der Waals surface area contributed by atoms with Crippen LogP contribution in [0.5, 0.6) is 0 Å². The van der Waals surface area contributed by atoms with Gasteiger partial charge in [-0.05, 0) is 0 Å². The van der Waals surface area contributed by atoms with Crippen molar-refractivity contribution in [2.24, 2.45) is 27.0 Å². The molecular weight excluding hydrogens is 180 g/mol. The van der Waals surface area contributed by atoms with Crippen LogP contribution >= 0.6 is 0 Å². The van der Waals surface area contributed by atoms with Crippen LogP contribution < -0.4 is 22.5 Å². The van der Waals surface area contributed by atoms with E-state index >= 15 is 0 Å². The lowest BCUT2D eigenvalue weighted by Crippen LogP contribution is -2.29. The zero-order valence-corrected chi connectivity index (χ0v) is 6.26. The molecule has 0 atom stereocenters. The van der Waals surface area contributed by atoms with Crippen molar-refractivity contribution >= 4 is 5.84 Å². The van der Waals surface area contributed by atoms with Crippen LogP contribution in [0.1, 0.15) is 0 Å². The van der Waals surface area contributed by atoms with Gasteiger partial charge in [0.15, 0.2) is 0 Å². The molecule has 0 saturated carbocycles. The predicted octanol–water partition coefficient (Wildman–Crippen LogP) is -1.86. The van der Waals surface area contributed by atoms with Crippen LogP contribution in [0.3, 0.4) is 0 Å². The maximum atomic E-state index is 10.4. The molecule has 1 rings (SSSR count). The molecule has 1 aliphatic heterocycles. The summed E-state index contributed by atoms with van der Waals surface area (Å²) in [5.41, 5.74) is 9.10. The third-order valence-corrected chi connectivity index (χ3v) is 1.16. The monoisotopic (exact) mass is 186 g/mol. The number of hydrazone groups is 1. The smallest absolute Gasteiger partial charge is 0.358 e. The Morgan fingerprint density at radius 1 is 1.69 bits per heavy atom. The SMILES string of the molecule is N/N=C(N)/C(=C1\N=NNN1)[N+](=O)[O-]. The van der Waals surface area contributed by atoms with Crippen LogP contribution in [0.25, 0.3) is 0 Å². The van der Waals surface area contributed by atoms with E-state index in [1.807, 2.05) is 0 Å². The number of nitrogens with one attached hydrogen (secondary N) is 2. The topological polar surface area (TPSA) is 156 Å². The maximum Gasteiger partial charge on any atom is 0.358 e. The third-order valence-electron chi connectivity index (χ3n) is 1.16. The fraction of sp³-hybridized carbons (Fsp3) is 0. The van der Waals surface area contributed by atoms with Crippen LogP contribution in [0.4, 0.5) is 0 Å². The molecule has 10 heteroatoms. The lowest BCUT2D eigenvalue weighted by Gasteiger charge is -1.97. The Balaban J connectivity index is 3.11. The number of hydrogen-bond donors (Lipinski definition) is 4. The van der Waals surface area contributed by atoms with Crippen molar-refractivity contribution in [1.29, 1.82) is 0 Å². The Kier molecular flexibility index (Phi) is 2.23. The number of amidine groups is 1. The molecule has 0 bridgehead atoms. The normalized spacial score (nSPS) is 19.2. The molecule has 0 aromatic heterocycles. The molecule has 0 spiro atoms. The van der Waals surface area contributed by atoms with E-state index < -0.39 is 16.5 Å². The number of hydrogen-bond acceptors (Lipinski definition) is 8. The first-order valence-corrected chi connectivity index (χ1v) is 3.01. The Morgan fingerprint density at radius 3 is 2.77 bits per heavy atom. The molecule has 0 aromatic carbocycles. The van der Waals surface area contributed by atoms with Gasteiger partial charge in [0.1, 0.15) is 0 Å². The van der Waals surface area contributed by atoms with E-state index in [0.717, 1.165) is 0 Å². The highest BCUT2D eigenvalue weighted by molar-refractivity contribution is 5.94. The summed E-state index contributed by atoms with van der Waals surface area (Å²) in [6, 6.07) is 0. The van der Waals surface area contributed by atoms with Gasteiger partial charge in [0.2, 0.25) is 5.84 Å². The number of rotatable bonds is 2. The van der Waals surface area contributed by atoms with Gasteiger partial charge in [-0.3, -0.25) is 15.5 Å². The Hall–Kier alpha value is -2.39. The van der Waals surface area contributed by atoms with Crippen molar-refractivity contribution in [1.82, 2.24) is 11.0 Å². The van der Waals surface area contributed by atoms with Gasteiger partial charge in [0, 0.05) is 0 Å². The Bertz CT molecular complexity index is 315. The van der Waals surface area contributed by atoms with Crippen molar-refractivity contribution in [2.75, 3.05) is 0 Å². The zero-order chi connectivity index (χ0) is 9.84. The molecule has 0 aromatic rings. The molecule has 0 amide bonds. The summed E-state index contributed by atoms with van der Waals surface area (Å²) in [6.07, 6.45) is 0. The highest BCUT2D eigenvalue weighted by atomic mass is 16.6. The van der Waals surface area contributed by atoms with Gasteiger partial charge in [-0.15, -0.1) is 5.11 Å². The second kappa shape index (κ2) is 3.34. The standard InChI is InChI=1S/C3H6N8O2/c4-2(6-5)1(11(12)13)3-7-9-10-8-3/h5H2,(H2,4,6)(H,7,10)(H,8,9). The average molecular weight is 186 g/mol. The minimum atomic E-state index is -0.764. The second-order valence-electron chi connectivity index (χ2n) is 1.91. The fourth-order valence-corrected chi connectivity index (χ4v) is 0.647. The van der Waals surface area contributed by atoms with E-state index in [1.54, 1.807) is 0 Å². The number of nitrogens with two attached hydrogens (primary N) is 2. The maximum absolute atomic E-state index is 10.4. The predicted molar refractivity (Wildman–Crippen MR) is 41.0 cm³/mol. The Morgan fingerprint density at radius 2 is 2.38 bits per heavy atom. The largest absolute Gasteiger partial charge is 0.376 e. The van der Waals surface area contributed by atoms with Crippen molar-refractivity contribution in [2.45, 2.75) is 0 Å². The van der Waals surface area contributed by atoms with Crippen LogP contribution in [0.15, 0.2) is 27.0 Å². The minimum Gasteiger partial charge on any atom is -0.376 e. The third kappa shape index (κ3) is 1.61. The first kappa shape index (κ1) is 8.70. The molecule has 1 aliphatic rings. The van der Waals surface area contributed by atoms with Crippen molar-refractivity contribution in [3.05, 3.63) is 21.6 Å². The second-order valence-corrected chi connectivity index (χ2v) is 1.91. The minimum absolute atomic E-state index is 0.142. The van der Waals surface area contributed by atoms with Gasteiger partial charge in [-0.25, -0.2) is 5.53 Å². The summed E-state index contributed by atoms with van der Waals surface area (Å²) in [5, 5.41) is 20.0. The van der Waals surface area contributed by atoms with E-state index in [4.69, 9.17) is 11.6 Å². The van der Waals surface area contributed by atoms with Gasteiger partial charge in [0.25, 0.3) is 5.82 Å². The van der Waals surface area contributed by atoms with Crippen molar-refractivity contribution < 1.29 is 4.92 Å². The molecular formula is C3H6N8O2. The van der Waals surface area contributed by atoms with Crippen molar-refractivity contribution in [3.8, 4) is 0 Å². The summed E-state index contributed by atoms with van der Waals surface area (Å²) in [6.45, 7) is 0. The van der Waals surface area contributed by atoms with Gasteiger partial charge in [0.05, 0.1) is 4.92 Å². The number of nitro groups is 1. The summed E-state index contributed by atoms with van der Waals surface area (Å²) in [7, 11) is 0. The molecule has 6 N–H and O–H groups in total. The zero-order valence-electron chi connectivity index (χ0n) is 6.26. The van der Waals surface area contributed by atoms with E-state index in [1.165, 1.54) is 0 Å². The Labute approximate surface area is 71.5 Å². The van der Waals surface area contributed by atoms with E-state index in [9.17, 15) is 10.1 Å². The molecule has 0 unspecified atom stereocenters. The molecule has 0 radical (unpaired) electrons. The fourth-order valence-electron chi connectivity index (χ4n) is 0.647. The number of nitrogens with zero attached hydrogens (tertiary/aromatic N) is 4. The molecule has 10 nitrogen and oxygen atoms in total. The summed E-state index contributed by atoms with van der Waals surface area (Å²) in [4.78, 5) is 9.68. The van der Waals surface area contributed by atoms with Crippen LogP contribution in [-0.2, 0) is 0 Å². The van der Waals surface area contributed by atoms with Crippen LogP contribution in [-0.4, -0.2) is 10.8 Å². The molecule has 0 saturated heterocycles. The van der Waals surface area contributed by atoms with E-state index in [2.05, 4.69) is 26.4 Å². The summed E-state index contributed by atoms with van der Waals surface area (Å²) >= 11 is 0. The van der Waals surface area contributed by atoms with Gasteiger partial charge < -0.3 is 11.6 Å². The first-order valence-electron chi connectivity index (χ1n) is 3.01. The molecule has 70 valence electrons.